The van der Waals surface area contributed by atoms with Crippen molar-refractivity contribution in [1.82, 2.24) is 5.32 Å². The van der Waals surface area contributed by atoms with Crippen LogP contribution in [0.15, 0.2) is 65.0 Å². The molecule has 7 heteroatoms. The van der Waals surface area contributed by atoms with E-state index in [0.29, 0.717) is 46.7 Å². The van der Waals surface area contributed by atoms with Gasteiger partial charge in [-0.05, 0) is 31.0 Å². The Bertz CT molecular complexity index is 1200. The van der Waals surface area contributed by atoms with Crippen molar-refractivity contribution in [1.29, 1.82) is 0 Å². The molecule has 1 aliphatic heterocycles. The molecule has 7 nitrogen and oxygen atoms in total. The lowest BCUT2D eigenvalue weighted by molar-refractivity contribution is -0.136. The second-order valence-electron chi connectivity index (χ2n) is 8.33. The monoisotopic (exact) mass is 463 g/mol. The fourth-order valence-electron chi connectivity index (χ4n) is 5.09. The molecule has 2 aromatic rings. The number of hydrogen-bond donors (Lipinski definition) is 1. The summed E-state index contributed by atoms with van der Waals surface area (Å²) < 4.78 is 21.8. The molecule has 1 aliphatic carbocycles. The minimum atomic E-state index is -0.639. The van der Waals surface area contributed by atoms with Crippen molar-refractivity contribution in [2.24, 2.45) is 0 Å². The van der Waals surface area contributed by atoms with Crippen molar-refractivity contribution in [3.05, 3.63) is 76.1 Å². The van der Waals surface area contributed by atoms with Gasteiger partial charge in [0, 0.05) is 34.9 Å². The Morgan fingerprint density at radius 3 is 2.24 bits per heavy atom. The Morgan fingerprint density at radius 1 is 0.882 bits per heavy atom. The highest BCUT2D eigenvalue weighted by Crippen LogP contribution is 2.49. The summed E-state index contributed by atoms with van der Waals surface area (Å²) in [6.07, 6.45) is 0.910. The Labute approximate surface area is 199 Å². The number of rotatable bonds is 6. The number of nitrogens with one attached hydrogen (secondary N) is 1. The topological polar surface area (TPSA) is 83.1 Å². The zero-order chi connectivity index (χ0) is 24.4. The Balaban J connectivity index is 1.88. The summed E-state index contributed by atoms with van der Waals surface area (Å²) in [5.74, 6) is 0.554. The first-order chi connectivity index (χ1) is 16.4. The molecule has 0 bridgehead atoms. The standard InChI is InChI=1S/C27H29NO6/c1-15-23(27(30)34-5)24(18-10-8-12-22(32-3)26(18)33-4)25-19(28-15)13-16(14-20(25)29)17-9-6-7-11-21(17)31-2/h6-12,16,24,28H,13-14H2,1-5H3. The lowest BCUT2D eigenvalue weighted by Gasteiger charge is -2.37. The molecular weight excluding hydrogens is 434 g/mol. The Hall–Kier alpha value is -3.74. The van der Waals surface area contributed by atoms with Gasteiger partial charge in [-0.25, -0.2) is 4.79 Å². The van der Waals surface area contributed by atoms with Gasteiger partial charge < -0.3 is 24.3 Å². The molecule has 34 heavy (non-hydrogen) atoms. The second-order valence-corrected chi connectivity index (χ2v) is 8.33. The van der Waals surface area contributed by atoms with Gasteiger partial charge in [-0.1, -0.05) is 30.3 Å². The van der Waals surface area contributed by atoms with Crippen LogP contribution in [0.25, 0.3) is 0 Å². The van der Waals surface area contributed by atoms with E-state index >= 15 is 0 Å². The minimum Gasteiger partial charge on any atom is -0.496 e. The summed E-state index contributed by atoms with van der Waals surface area (Å²) >= 11 is 0. The van der Waals surface area contributed by atoms with Gasteiger partial charge in [0.1, 0.15) is 5.75 Å². The average Bonchev–Trinajstić information content (AvgIpc) is 2.86. The van der Waals surface area contributed by atoms with Crippen molar-refractivity contribution in [2.75, 3.05) is 28.4 Å². The number of ketones is 1. The maximum atomic E-state index is 13.7. The molecule has 0 saturated carbocycles. The third-order valence-electron chi connectivity index (χ3n) is 6.56. The summed E-state index contributed by atoms with van der Waals surface area (Å²) in [6.45, 7) is 1.83. The van der Waals surface area contributed by atoms with E-state index in [2.05, 4.69) is 5.32 Å². The van der Waals surface area contributed by atoms with Crippen molar-refractivity contribution in [3.63, 3.8) is 0 Å². The number of benzene rings is 2. The molecule has 2 unspecified atom stereocenters. The molecule has 0 amide bonds. The fourth-order valence-corrected chi connectivity index (χ4v) is 5.09. The number of Topliss-reactive ketones (excluding diaryl/α,β-unsaturated/α-hetero) is 1. The molecule has 1 heterocycles. The molecule has 0 radical (unpaired) electrons. The van der Waals surface area contributed by atoms with Crippen LogP contribution in [0.5, 0.6) is 17.2 Å². The third kappa shape index (κ3) is 3.91. The largest absolute Gasteiger partial charge is 0.496 e. The highest BCUT2D eigenvalue weighted by Gasteiger charge is 2.43. The van der Waals surface area contributed by atoms with Crippen LogP contribution >= 0.6 is 0 Å². The van der Waals surface area contributed by atoms with Gasteiger partial charge in [0.25, 0.3) is 0 Å². The van der Waals surface area contributed by atoms with Crippen molar-refractivity contribution in [3.8, 4) is 17.2 Å². The highest BCUT2D eigenvalue weighted by atomic mass is 16.5. The third-order valence-corrected chi connectivity index (χ3v) is 6.56. The average molecular weight is 464 g/mol. The Kier molecular flexibility index (Phi) is 6.63. The lowest BCUT2D eigenvalue weighted by Crippen LogP contribution is -2.36. The molecule has 0 fully saturated rings. The maximum absolute atomic E-state index is 13.7. The van der Waals surface area contributed by atoms with E-state index in [1.807, 2.05) is 43.3 Å². The van der Waals surface area contributed by atoms with E-state index in [-0.39, 0.29) is 11.7 Å². The van der Waals surface area contributed by atoms with E-state index in [9.17, 15) is 9.59 Å². The maximum Gasteiger partial charge on any atom is 0.336 e. The number of allylic oxidation sites excluding steroid dienone is 3. The first-order valence-corrected chi connectivity index (χ1v) is 11.1. The van der Waals surface area contributed by atoms with Crippen LogP contribution in [-0.2, 0) is 14.3 Å². The molecule has 4 rings (SSSR count). The SMILES string of the molecule is COC(=O)C1=C(C)NC2=C(C(=O)CC(c3ccccc3OC)C2)C1c1cccc(OC)c1OC. The second kappa shape index (κ2) is 9.63. The van der Waals surface area contributed by atoms with Crippen molar-refractivity contribution in [2.45, 2.75) is 31.6 Å². The summed E-state index contributed by atoms with van der Waals surface area (Å²) in [7, 11) is 6.08. The van der Waals surface area contributed by atoms with Gasteiger partial charge in [-0.2, -0.15) is 0 Å². The first kappa shape index (κ1) is 23.4. The normalized spacial score (nSPS) is 19.9. The summed E-state index contributed by atoms with van der Waals surface area (Å²) in [5, 5.41) is 3.34. The smallest absolute Gasteiger partial charge is 0.336 e. The number of esters is 1. The zero-order valence-corrected chi connectivity index (χ0v) is 20.1. The van der Waals surface area contributed by atoms with Crippen LogP contribution in [0.2, 0.25) is 0 Å². The van der Waals surface area contributed by atoms with Gasteiger partial charge in [-0.3, -0.25) is 4.79 Å². The molecule has 0 spiro atoms. The first-order valence-electron chi connectivity index (χ1n) is 11.1. The number of para-hydroxylation sites is 2. The molecule has 2 atom stereocenters. The van der Waals surface area contributed by atoms with Crippen molar-refractivity contribution < 1.29 is 28.5 Å². The quantitative estimate of drug-likeness (QED) is 0.642. The van der Waals surface area contributed by atoms with E-state index in [0.717, 1.165) is 17.0 Å². The predicted octanol–water partition coefficient (Wildman–Crippen LogP) is 4.25. The van der Waals surface area contributed by atoms with Gasteiger partial charge >= 0.3 is 5.97 Å². The van der Waals surface area contributed by atoms with Crippen LogP contribution in [0.3, 0.4) is 0 Å². The number of carbonyl (C=O) groups is 2. The number of dihydropyridines is 1. The van der Waals surface area contributed by atoms with E-state index in [4.69, 9.17) is 18.9 Å². The molecule has 0 saturated heterocycles. The van der Waals surface area contributed by atoms with Crippen LogP contribution in [-0.4, -0.2) is 40.2 Å². The fraction of sp³-hybridized carbons (Fsp3) is 0.333. The van der Waals surface area contributed by atoms with Crippen molar-refractivity contribution >= 4 is 11.8 Å². The van der Waals surface area contributed by atoms with Gasteiger partial charge in [0.05, 0.1) is 39.9 Å². The molecule has 178 valence electrons. The molecule has 0 aromatic heterocycles. The molecule has 2 aromatic carbocycles. The number of carbonyl (C=O) groups excluding carboxylic acids is 2. The van der Waals surface area contributed by atoms with Crippen LogP contribution in [0, 0.1) is 0 Å². The lowest BCUT2D eigenvalue weighted by atomic mass is 9.71. The molecule has 2 aliphatic rings. The summed E-state index contributed by atoms with van der Waals surface area (Å²) in [5.41, 5.74) is 4.06. The van der Waals surface area contributed by atoms with E-state index in [1.54, 1.807) is 27.4 Å². The number of hydrogen-bond acceptors (Lipinski definition) is 7. The molecule has 1 N–H and O–H groups in total. The van der Waals surface area contributed by atoms with E-state index < -0.39 is 11.9 Å². The van der Waals surface area contributed by atoms with Crippen LogP contribution < -0.4 is 19.5 Å². The summed E-state index contributed by atoms with van der Waals surface area (Å²) in [4.78, 5) is 26.7. The minimum absolute atomic E-state index is 0.0339. The van der Waals surface area contributed by atoms with Gasteiger partial charge in [0.2, 0.25) is 0 Å². The van der Waals surface area contributed by atoms with E-state index in [1.165, 1.54) is 7.11 Å². The highest BCUT2D eigenvalue weighted by molar-refractivity contribution is 6.04. The van der Waals surface area contributed by atoms with Gasteiger partial charge in [0.15, 0.2) is 17.3 Å². The number of methoxy groups -OCH3 is 4. The Morgan fingerprint density at radius 2 is 1.56 bits per heavy atom. The predicted molar refractivity (Wildman–Crippen MR) is 127 cm³/mol. The van der Waals surface area contributed by atoms with Crippen LogP contribution in [0.4, 0.5) is 0 Å². The summed E-state index contributed by atoms with van der Waals surface area (Å²) in [6, 6.07) is 13.2. The zero-order valence-electron chi connectivity index (χ0n) is 20.1. The number of ether oxygens (including phenoxy) is 4. The molecular formula is C27H29NO6. The van der Waals surface area contributed by atoms with Gasteiger partial charge in [-0.15, -0.1) is 0 Å². The van der Waals surface area contributed by atoms with Crippen LogP contribution in [0.1, 0.15) is 42.7 Å².